The summed E-state index contributed by atoms with van der Waals surface area (Å²) in [5, 5.41) is 13.5. The molecule has 2 aromatic rings. The van der Waals surface area contributed by atoms with Gasteiger partial charge in [0.25, 0.3) is 5.91 Å². The minimum atomic E-state index is -0.800. The van der Waals surface area contributed by atoms with Gasteiger partial charge in [-0.25, -0.2) is 0 Å². The van der Waals surface area contributed by atoms with Crippen LogP contribution in [0.1, 0.15) is 36.0 Å². The first-order valence-corrected chi connectivity index (χ1v) is 8.43. The van der Waals surface area contributed by atoms with Crippen molar-refractivity contribution in [2.45, 2.75) is 31.2 Å². The topological polar surface area (TPSA) is 86.9 Å². The van der Waals surface area contributed by atoms with Gasteiger partial charge >= 0.3 is 0 Å². The molecule has 0 unspecified atom stereocenters. The first-order valence-electron chi connectivity index (χ1n) is 7.79. The Morgan fingerprint density at radius 1 is 1.30 bits per heavy atom. The van der Waals surface area contributed by atoms with E-state index in [2.05, 4.69) is 33.5 Å². The molecule has 1 aromatic carbocycles. The molecule has 1 aliphatic rings. The normalized spacial score (nSPS) is 16.4. The maximum atomic E-state index is 12.6. The SMILES string of the molecule is O=C(NC1(C(=O)NCCS)CCCC1)c1ccc2[nH]ncc2c1. The Balaban J connectivity index is 1.79. The highest BCUT2D eigenvalue weighted by Crippen LogP contribution is 2.30. The van der Waals surface area contributed by atoms with Crippen molar-refractivity contribution in [3.63, 3.8) is 0 Å². The number of carbonyl (C=O) groups excluding carboxylic acids is 2. The molecule has 1 aromatic heterocycles. The van der Waals surface area contributed by atoms with E-state index in [9.17, 15) is 9.59 Å². The van der Waals surface area contributed by atoms with E-state index in [1.807, 2.05) is 6.07 Å². The van der Waals surface area contributed by atoms with Crippen molar-refractivity contribution in [1.82, 2.24) is 20.8 Å². The number of carbonyl (C=O) groups is 2. The molecular weight excluding hydrogens is 312 g/mol. The average Bonchev–Trinajstić information content (AvgIpc) is 3.21. The van der Waals surface area contributed by atoms with Crippen LogP contribution in [-0.2, 0) is 4.79 Å². The standard InChI is InChI=1S/C16H20N4O2S/c21-14(11-3-4-13-12(9-11)10-18-20-13)19-16(5-1-2-6-16)15(22)17-7-8-23/h3-4,9-10,23H,1-2,5-8H2,(H,17,22)(H,18,20)(H,19,21). The average molecular weight is 332 g/mol. The summed E-state index contributed by atoms with van der Waals surface area (Å²) in [5.74, 6) is 0.241. The number of fused-ring (bicyclic) bond motifs is 1. The highest BCUT2D eigenvalue weighted by atomic mass is 32.1. The largest absolute Gasteiger partial charge is 0.353 e. The van der Waals surface area contributed by atoms with Gasteiger partial charge in [-0.1, -0.05) is 12.8 Å². The van der Waals surface area contributed by atoms with Crippen molar-refractivity contribution in [3.05, 3.63) is 30.0 Å². The Hall–Kier alpha value is -2.02. The summed E-state index contributed by atoms with van der Waals surface area (Å²) in [6.07, 6.45) is 4.90. The lowest BCUT2D eigenvalue weighted by molar-refractivity contribution is -0.127. The molecular formula is C16H20N4O2S. The van der Waals surface area contributed by atoms with Crippen LogP contribution in [-0.4, -0.2) is 39.8 Å². The van der Waals surface area contributed by atoms with E-state index in [0.717, 1.165) is 23.7 Å². The van der Waals surface area contributed by atoms with E-state index in [0.29, 0.717) is 30.7 Å². The maximum Gasteiger partial charge on any atom is 0.252 e. The van der Waals surface area contributed by atoms with Crippen LogP contribution >= 0.6 is 12.6 Å². The minimum Gasteiger partial charge on any atom is -0.353 e. The number of nitrogens with one attached hydrogen (secondary N) is 3. The zero-order valence-corrected chi connectivity index (χ0v) is 13.7. The van der Waals surface area contributed by atoms with Gasteiger partial charge in [-0.2, -0.15) is 17.7 Å². The number of thiol groups is 1. The van der Waals surface area contributed by atoms with Gasteiger partial charge in [-0.05, 0) is 31.0 Å². The maximum absolute atomic E-state index is 12.6. The highest BCUT2D eigenvalue weighted by molar-refractivity contribution is 7.80. The Kier molecular flexibility index (Phi) is 4.56. The predicted octanol–water partition coefficient (Wildman–Crippen LogP) is 1.65. The van der Waals surface area contributed by atoms with Crippen LogP contribution in [0.15, 0.2) is 24.4 Å². The monoisotopic (exact) mass is 332 g/mol. The summed E-state index contributed by atoms with van der Waals surface area (Å²) >= 11 is 4.11. The molecule has 6 nitrogen and oxygen atoms in total. The Morgan fingerprint density at radius 2 is 2.09 bits per heavy atom. The summed E-state index contributed by atoms with van der Waals surface area (Å²) in [7, 11) is 0. The number of hydrogen-bond donors (Lipinski definition) is 4. The van der Waals surface area contributed by atoms with Crippen LogP contribution in [0.2, 0.25) is 0 Å². The third kappa shape index (κ3) is 3.19. The summed E-state index contributed by atoms with van der Waals surface area (Å²) < 4.78 is 0. The number of aromatic amines is 1. The Bertz CT molecular complexity index is 722. The number of nitrogens with zero attached hydrogens (tertiary/aromatic N) is 1. The molecule has 1 saturated carbocycles. The van der Waals surface area contributed by atoms with Gasteiger partial charge in [-0.15, -0.1) is 0 Å². The van der Waals surface area contributed by atoms with Crippen LogP contribution in [0.25, 0.3) is 10.9 Å². The van der Waals surface area contributed by atoms with Crippen LogP contribution in [0, 0.1) is 0 Å². The summed E-state index contributed by atoms with van der Waals surface area (Å²) in [6.45, 7) is 0.501. The molecule has 122 valence electrons. The molecule has 0 radical (unpaired) electrons. The second-order valence-corrected chi connectivity index (χ2v) is 6.34. The number of rotatable bonds is 5. The first-order chi connectivity index (χ1) is 11.1. The van der Waals surface area contributed by atoms with Crippen LogP contribution < -0.4 is 10.6 Å². The van der Waals surface area contributed by atoms with Gasteiger partial charge in [0.2, 0.25) is 5.91 Å². The molecule has 0 spiro atoms. The smallest absolute Gasteiger partial charge is 0.252 e. The number of hydrogen-bond acceptors (Lipinski definition) is 4. The van der Waals surface area contributed by atoms with Crippen LogP contribution in [0.3, 0.4) is 0 Å². The zero-order valence-electron chi connectivity index (χ0n) is 12.8. The molecule has 1 fully saturated rings. The predicted molar refractivity (Wildman–Crippen MR) is 91.6 cm³/mol. The van der Waals surface area contributed by atoms with Crippen molar-refractivity contribution >= 4 is 35.3 Å². The van der Waals surface area contributed by atoms with E-state index < -0.39 is 5.54 Å². The molecule has 1 aliphatic carbocycles. The van der Waals surface area contributed by atoms with Gasteiger partial charge in [-0.3, -0.25) is 14.7 Å². The third-order valence-electron chi connectivity index (χ3n) is 4.34. The van der Waals surface area contributed by atoms with Crippen molar-refractivity contribution < 1.29 is 9.59 Å². The third-order valence-corrected chi connectivity index (χ3v) is 4.57. The number of H-pyrrole nitrogens is 1. The quantitative estimate of drug-likeness (QED) is 0.628. The zero-order chi connectivity index (χ0) is 16.3. The lowest BCUT2D eigenvalue weighted by Crippen LogP contribution is -2.57. The van der Waals surface area contributed by atoms with Crippen molar-refractivity contribution in [1.29, 1.82) is 0 Å². The van der Waals surface area contributed by atoms with Gasteiger partial charge in [0.05, 0.1) is 11.7 Å². The van der Waals surface area contributed by atoms with Crippen molar-refractivity contribution in [3.8, 4) is 0 Å². The van der Waals surface area contributed by atoms with Gasteiger partial charge in [0.15, 0.2) is 0 Å². The molecule has 0 saturated heterocycles. The molecule has 2 amide bonds. The van der Waals surface area contributed by atoms with E-state index in [-0.39, 0.29) is 11.8 Å². The van der Waals surface area contributed by atoms with E-state index in [4.69, 9.17) is 0 Å². The highest BCUT2D eigenvalue weighted by Gasteiger charge is 2.42. The van der Waals surface area contributed by atoms with Gasteiger partial charge in [0.1, 0.15) is 5.54 Å². The molecule has 0 atom stereocenters. The number of amides is 2. The fraction of sp³-hybridized carbons (Fsp3) is 0.438. The summed E-state index contributed by atoms with van der Waals surface area (Å²) in [6, 6.07) is 5.34. The summed E-state index contributed by atoms with van der Waals surface area (Å²) in [4.78, 5) is 25.1. The fourth-order valence-corrected chi connectivity index (χ4v) is 3.21. The number of aromatic nitrogens is 2. The lowest BCUT2D eigenvalue weighted by atomic mass is 9.95. The Labute approximate surface area is 139 Å². The second kappa shape index (κ2) is 6.62. The van der Waals surface area contributed by atoms with Crippen LogP contribution in [0.5, 0.6) is 0 Å². The van der Waals surface area contributed by atoms with Crippen LogP contribution in [0.4, 0.5) is 0 Å². The van der Waals surface area contributed by atoms with E-state index in [1.165, 1.54) is 0 Å². The molecule has 7 heteroatoms. The van der Waals surface area contributed by atoms with Crippen molar-refractivity contribution in [2.75, 3.05) is 12.3 Å². The van der Waals surface area contributed by atoms with Crippen molar-refractivity contribution in [2.24, 2.45) is 0 Å². The molecule has 3 N–H and O–H groups in total. The number of benzene rings is 1. The molecule has 1 heterocycles. The Morgan fingerprint density at radius 3 is 2.83 bits per heavy atom. The second-order valence-electron chi connectivity index (χ2n) is 5.89. The van der Waals surface area contributed by atoms with Gasteiger partial charge < -0.3 is 10.6 Å². The van der Waals surface area contributed by atoms with Gasteiger partial charge in [0, 0.05) is 23.2 Å². The minimum absolute atomic E-state index is 0.109. The fourth-order valence-electron chi connectivity index (χ4n) is 3.10. The molecule has 3 rings (SSSR count). The molecule has 0 bridgehead atoms. The van der Waals surface area contributed by atoms with E-state index >= 15 is 0 Å². The molecule has 0 aliphatic heterocycles. The summed E-state index contributed by atoms with van der Waals surface area (Å²) in [5.41, 5.74) is 0.613. The molecule has 23 heavy (non-hydrogen) atoms. The first kappa shape index (κ1) is 15.9. The lowest BCUT2D eigenvalue weighted by Gasteiger charge is -2.29. The van der Waals surface area contributed by atoms with E-state index in [1.54, 1.807) is 18.3 Å².